The van der Waals surface area contributed by atoms with E-state index in [-0.39, 0.29) is 12.1 Å². The minimum atomic E-state index is -0.101. The first-order valence-electron chi connectivity index (χ1n) is 8.31. The van der Waals surface area contributed by atoms with Gasteiger partial charge in [0.25, 0.3) is 0 Å². The van der Waals surface area contributed by atoms with Gasteiger partial charge in [-0.25, -0.2) is 14.8 Å². The number of nitrogens with zero attached hydrogens (tertiary/aromatic N) is 4. The third kappa shape index (κ3) is 2.59. The molecule has 25 heavy (non-hydrogen) atoms. The lowest BCUT2D eigenvalue weighted by molar-refractivity contribution is 0.0644. The molecule has 2 aliphatic heterocycles. The molecule has 2 amide bonds. The van der Waals surface area contributed by atoms with Crippen LogP contribution in [0.25, 0.3) is 0 Å². The maximum atomic E-state index is 12.5. The maximum absolute atomic E-state index is 12.5. The second-order valence-electron chi connectivity index (χ2n) is 6.14. The van der Waals surface area contributed by atoms with Crippen LogP contribution in [0, 0.1) is 0 Å². The lowest BCUT2D eigenvalue weighted by Gasteiger charge is -2.39. The zero-order valence-corrected chi connectivity index (χ0v) is 14.3. The normalized spacial score (nSPS) is 19.8. The molecule has 4 rings (SSSR count). The molecule has 0 bridgehead atoms. The number of carbonyl (C=O) groups excluding carboxylic acids is 1. The Bertz CT molecular complexity index is 804. The summed E-state index contributed by atoms with van der Waals surface area (Å²) < 4.78 is 5.24. The number of fused-ring (bicyclic) bond motifs is 1. The third-order valence-electron chi connectivity index (χ3n) is 4.66. The van der Waals surface area contributed by atoms with Gasteiger partial charge < -0.3 is 4.74 Å². The van der Waals surface area contributed by atoms with Crippen LogP contribution >= 0.6 is 0 Å². The van der Waals surface area contributed by atoms with Crippen LogP contribution in [-0.2, 0) is 0 Å². The van der Waals surface area contributed by atoms with E-state index in [4.69, 9.17) is 4.74 Å². The molecule has 0 saturated carbocycles. The molecule has 2 aromatic carbocycles. The Balaban J connectivity index is 1.77. The van der Waals surface area contributed by atoms with Gasteiger partial charge in [0, 0.05) is 19.2 Å². The van der Waals surface area contributed by atoms with E-state index >= 15 is 0 Å². The van der Waals surface area contributed by atoms with E-state index in [2.05, 4.69) is 17.2 Å². The van der Waals surface area contributed by atoms with Gasteiger partial charge in [0.05, 0.1) is 13.2 Å². The average Bonchev–Trinajstić information content (AvgIpc) is 3.11. The quantitative estimate of drug-likeness (QED) is 0.865. The molecule has 1 saturated heterocycles. The Kier molecular flexibility index (Phi) is 3.80. The summed E-state index contributed by atoms with van der Waals surface area (Å²) in [5.74, 6) is 1.57. The van der Waals surface area contributed by atoms with E-state index in [1.165, 1.54) is 10.6 Å². The number of hydrogen-bond donors (Lipinski definition) is 0. The van der Waals surface area contributed by atoms with Gasteiger partial charge in [-0.05, 0) is 36.2 Å². The predicted octanol–water partition coefficient (Wildman–Crippen LogP) is 3.09. The van der Waals surface area contributed by atoms with E-state index in [1.54, 1.807) is 19.2 Å². The summed E-state index contributed by atoms with van der Waals surface area (Å²) in [4.78, 5) is 12.5. The van der Waals surface area contributed by atoms with Crippen molar-refractivity contribution in [3.8, 4) is 5.75 Å². The monoisotopic (exact) mass is 336 g/mol. The SMILES string of the molecule is COc1ccc(C2=NN(C)C(=O)N3CCC(c4ccccc4)N23)cc1. The summed E-state index contributed by atoms with van der Waals surface area (Å²) >= 11 is 0. The molecule has 0 aromatic heterocycles. The van der Waals surface area contributed by atoms with Gasteiger partial charge in [-0.1, -0.05) is 30.3 Å². The van der Waals surface area contributed by atoms with Crippen LogP contribution in [0.3, 0.4) is 0 Å². The van der Waals surface area contributed by atoms with Gasteiger partial charge in [0.1, 0.15) is 5.75 Å². The number of benzene rings is 2. The smallest absolute Gasteiger partial charge is 0.359 e. The fourth-order valence-electron chi connectivity index (χ4n) is 3.40. The average molecular weight is 336 g/mol. The summed E-state index contributed by atoms with van der Waals surface area (Å²) in [6.45, 7) is 0.678. The van der Waals surface area contributed by atoms with Crippen molar-refractivity contribution in [3.63, 3.8) is 0 Å². The topological polar surface area (TPSA) is 48.4 Å². The molecule has 2 aromatic rings. The first kappa shape index (κ1) is 15.5. The Morgan fingerprint density at radius 2 is 1.80 bits per heavy atom. The van der Waals surface area contributed by atoms with E-state index in [9.17, 15) is 4.79 Å². The highest BCUT2D eigenvalue weighted by Gasteiger charge is 2.42. The van der Waals surface area contributed by atoms with Crippen LogP contribution in [0.5, 0.6) is 5.75 Å². The van der Waals surface area contributed by atoms with E-state index < -0.39 is 0 Å². The highest BCUT2D eigenvalue weighted by Crippen LogP contribution is 2.36. The molecule has 0 aliphatic carbocycles. The van der Waals surface area contributed by atoms with Crippen molar-refractivity contribution in [1.82, 2.24) is 15.0 Å². The number of rotatable bonds is 3. The largest absolute Gasteiger partial charge is 0.497 e. The minimum absolute atomic E-state index is 0.0969. The summed E-state index contributed by atoms with van der Waals surface area (Å²) in [6.07, 6.45) is 0.874. The van der Waals surface area contributed by atoms with Gasteiger partial charge in [0.2, 0.25) is 0 Å². The fourth-order valence-corrected chi connectivity index (χ4v) is 3.40. The van der Waals surface area contributed by atoms with Gasteiger partial charge in [0.15, 0.2) is 5.84 Å². The molecule has 2 aliphatic rings. The van der Waals surface area contributed by atoms with Gasteiger partial charge in [-0.15, -0.1) is 5.10 Å². The number of urea groups is 1. The molecule has 1 fully saturated rings. The first-order chi connectivity index (χ1) is 12.2. The van der Waals surface area contributed by atoms with Gasteiger partial charge in [-0.2, -0.15) is 0 Å². The summed E-state index contributed by atoms with van der Waals surface area (Å²) in [5.41, 5.74) is 2.14. The Hall–Kier alpha value is -3.02. The fraction of sp³-hybridized carbons (Fsp3) is 0.263. The van der Waals surface area contributed by atoms with Crippen molar-refractivity contribution in [1.29, 1.82) is 0 Å². The molecule has 1 atom stereocenters. The molecule has 1 unspecified atom stereocenters. The molecule has 0 radical (unpaired) electrons. The predicted molar refractivity (Wildman–Crippen MR) is 95.0 cm³/mol. The molecule has 6 heteroatoms. The van der Waals surface area contributed by atoms with E-state index in [0.717, 1.165) is 23.6 Å². The second-order valence-corrected chi connectivity index (χ2v) is 6.14. The van der Waals surface area contributed by atoms with Crippen molar-refractivity contribution in [2.24, 2.45) is 5.10 Å². The summed E-state index contributed by atoms with van der Waals surface area (Å²) in [6, 6.07) is 18.0. The summed E-state index contributed by atoms with van der Waals surface area (Å²) in [7, 11) is 3.34. The minimum Gasteiger partial charge on any atom is -0.497 e. The maximum Gasteiger partial charge on any atom is 0.359 e. The number of ether oxygens (including phenoxy) is 1. The Morgan fingerprint density at radius 1 is 1.08 bits per heavy atom. The molecular formula is C19H20N4O2. The lowest BCUT2D eigenvalue weighted by Crippen LogP contribution is -2.54. The lowest BCUT2D eigenvalue weighted by atomic mass is 10.0. The van der Waals surface area contributed by atoms with Gasteiger partial charge >= 0.3 is 6.03 Å². The molecular weight excluding hydrogens is 316 g/mol. The van der Waals surface area contributed by atoms with Crippen LogP contribution in [-0.4, -0.2) is 47.6 Å². The molecule has 2 heterocycles. The summed E-state index contributed by atoms with van der Waals surface area (Å²) in [5, 5.41) is 9.77. The van der Waals surface area contributed by atoms with Crippen molar-refractivity contribution in [2.45, 2.75) is 12.5 Å². The van der Waals surface area contributed by atoms with Crippen LogP contribution in [0.15, 0.2) is 59.7 Å². The van der Waals surface area contributed by atoms with Crippen LogP contribution in [0.1, 0.15) is 23.6 Å². The highest BCUT2D eigenvalue weighted by molar-refractivity contribution is 6.02. The third-order valence-corrected chi connectivity index (χ3v) is 4.66. The Morgan fingerprint density at radius 3 is 2.48 bits per heavy atom. The van der Waals surface area contributed by atoms with Crippen molar-refractivity contribution < 1.29 is 9.53 Å². The number of methoxy groups -OCH3 is 1. The van der Waals surface area contributed by atoms with E-state index in [0.29, 0.717) is 6.54 Å². The first-order valence-corrected chi connectivity index (χ1v) is 8.31. The molecule has 0 N–H and O–H groups in total. The van der Waals surface area contributed by atoms with Crippen LogP contribution in [0.4, 0.5) is 4.79 Å². The standard InChI is InChI=1S/C19H20N4O2/c1-21-19(24)22-13-12-17(14-6-4-3-5-7-14)23(22)18(20-21)15-8-10-16(25-2)11-9-15/h3-11,17H,12-13H2,1-2H3. The number of hydrogen-bond acceptors (Lipinski definition) is 4. The number of hydrazine groups is 1. The zero-order chi connectivity index (χ0) is 17.4. The number of amidine groups is 1. The number of hydrazone groups is 1. The molecule has 6 nitrogen and oxygen atoms in total. The van der Waals surface area contributed by atoms with Crippen LogP contribution in [0.2, 0.25) is 0 Å². The van der Waals surface area contributed by atoms with Crippen molar-refractivity contribution in [2.75, 3.05) is 20.7 Å². The molecule has 0 spiro atoms. The second kappa shape index (κ2) is 6.12. The highest BCUT2D eigenvalue weighted by atomic mass is 16.5. The van der Waals surface area contributed by atoms with E-state index in [1.807, 2.05) is 47.5 Å². The van der Waals surface area contributed by atoms with Crippen molar-refractivity contribution >= 4 is 11.9 Å². The zero-order valence-electron chi connectivity index (χ0n) is 14.3. The van der Waals surface area contributed by atoms with Crippen molar-refractivity contribution in [3.05, 3.63) is 65.7 Å². The Labute approximate surface area is 146 Å². The number of carbonyl (C=O) groups is 1. The molecule has 128 valence electrons. The van der Waals surface area contributed by atoms with Gasteiger partial charge in [-0.3, -0.25) is 5.01 Å². The number of amides is 2. The van der Waals surface area contributed by atoms with Crippen LogP contribution < -0.4 is 4.74 Å².